The third-order valence-corrected chi connectivity index (χ3v) is 1.93. The van der Waals surface area contributed by atoms with Crippen LogP contribution < -0.4 is 4.57 Å². The van der Waals surface area contributed by atoms with Crippen molar-refractivity contribution < 1.29 is 21.7 Å². The molecule has 0 saturated carbocycles. The molecule has 82 valence electrons. The predicted octanol–water partition coefficient (Wildman–Crippen LogP) is -0.276. The van der Waals surface area contributed by atoms with Crippen molar-refractivity contribution in [3.8, 4) is 0 Å². The van der Waals surface area contributed by atoms with Crippen LogP contribution in [0.5, 0.6) is 0 Å². The first-order valence-corrected chi connectivity index (χ1v) is 5.29. The number of hydrogen-bond acceptors (Lipinski definition) is 4. The average Bonchev–Trinajstić information content (AvgIpc) is 2.51. The number of rotatable bonds is 2. The van der Waals surface area contributed by atoms with E-state index in [1.807, 2.05) is 12.4 Å². The summed E-state index contributed by atoms with van der Waals surface area (Å²) in [5.41, 5.74) is 0. The minimum atomic E-state index is -4.41. The summed E-state index contributed by atoms with van der Waals surface area (Å²) in [7, 11) is -3.60. The lowest BCUT2D eigenvalue weighted by molar-refractivity contribution is -0.698. The number of H-pyrrole nitrogens is 1. The van der Waals surface area contributed by atoms with Gasteiger partial charge in [-0.1, -0.05) is 0 Å². The fourth-order valence-corrected chi connectivity index (χ4v) is 0.785. The zero-order valence-corrected chi connectivity index (χ0v) is 9.17. The molecule has 7 heteroatoms. The largest absolute Gasteiger partial charge is 0.726 e. The molecule has 0 aliphatic heterocycles. The van der Waals surface area contributed by atoms with Crippen molar-refractivity contribution in [3.05, 3.63) is 18.2 Å². The van der Waals surface area contributed by atoms with Gasteiger partial charge in [0.1, 0.15) is 12.4 Å². The second-order valence-electron chi connectivity index (χ2n) is 2.41. The first-order valence-electron chi connectivity index (χ1n) is 3.95. The molecule has 0 radical (unpaired) electrons. The highest BCUT2D eigenvalue weighted by Gasteiger charge is 1.97. The summed E-state index contributed by atoms with van der Waals surface area (Å²) in [5, 5.41) is 0. The molecular weight excluding hydrogens is 208 g/mol. The molecule has 1 rings (SSSR count). The number of aryl methyl sites for hydroxylation is 2. The van der Waals surface area contributed by atoms with Crippen molar-refractivity contribution in [1.82, 2.24) is 4.98 Å². The van der Waals surface area contributed by atoms with E-state index >= 15 is 0 Å². The standard InChI is InChI=1S/C6H10N2.CH4O4S/c1-3-8-5-4-7-6(8)2;1-5-6(2,3)4/h4-5H,3H2,1-2H3;1H3,(H,2,3,4). The van der Waals surface area contributed by atoms with Crippen LogP contribution in [0.25, 0.3) is 0 Å². The Morgan fingerprint density at radius 1 is 1.64 bits per heavy atom. The van der Waals surface area contributed by atoms with Gasteiger partial charge < -0.3 is 4.55 Å². The number of nitrogens with zero attached hydrogens (tertiary/aromatic N) is 1. The maximum atomic E-state index is 9.22. The molecule has 0 aliphatic carbocycles. The van der Waals surface area contributed by atoms with Gasteiger partial charge in [0.25, 0.3) is 5.82 Å². The molecule has 0 aromatic carbocycles. The van der Waals surface area contributed by atoms with Crippen LogP contribution in [0.3, 0.4) is 0 Å². The zero-order valence-electron chi connectivity index (χ0n) is 8.35. The van der Waals surface area contributed by atoms with Gasteiger partial charge in [0.05, 0.1) is 13.7 Å². The van der Waals surface area contributed by atoms with Crippen molar-refractivity contribution in [1.29, 1.82) is 0 Å². The molecule has 0 bridgehead atoms. The van der Waals surface area contributed by atoms with E-state index in [1.54, 1.807) is 0 Å². The number of aromatic nitrogens is 2. The minimum Gasteiger partial charge on any atom is -0.726 e. The van der Waals surface area contributed by atoms with Gasteiger partial charge in [-0.05, 0) is 6.92 Å². The lowest BCUT2D eigenvalue weighted by atomic mass is 10.6. The van der Waals surface area contributed by atoms with Crippen molar-refractivity contribution in [3.63, 3.8) is 0 Å². The van der Waals surface area contributed by atoms with E-state index < -0.39 is 10.4 Å². The van der Waals surface area contributed by atoms with Crippen LogP contribution in [-0.2, 0) is 21.1 Å². The molecule has 0 spiro atoms. The summed E-state index contributed by atoms with van der Waals surface area (Å²) in [6, 6.07) is 0. The molecule has 6 nitrogen and oxygen atoms in total. The summed E-state index contributed by atoms with van der Waals surface area (Å²) in [6.07, 6.45) is 3.98. The van der Waals surface area contributed by atoms with E-state index in [-0.39, 0.29) is 0 Å². The zero-order chi connectivity index (χ0) is 11.2. The van der Waals surface area contributed by atoms with Crippen molar-refractivity contribution in [2.45, 2.75) is 20.4 Å². The smallest absolute Gasteiger partial charge is 0.250 e. The first kappa shape index (κ1) is 13.1. The van der Waals surface area contributed by atoms with E-state index in [4.69, 9.17) is 0 Å². The minimum absolute atomic E-state index is 0.808. The van der Waals surface area contributed by atoms with Crippen LogP contribution in [0.4, 0.5) is 0 Å². The Labute approximate surface area is 83.5 Å². The van der Waals surface area contributed by atoms with E-state index in [9.17, 15) is 13.0 Å². The second-order valence-corrected chi connectivity index (χ2v) is 3.56. The highest BCUT2D eigenvalue weighted by atomic mass is 32.3. The molecule has 0 fully saturated rings. The molecule has 1 aromatic rings. The average molecular weight is 222 g/mol. The fourth-order valence-electron chi connectivity index (χ4n) is 0.785. The third-order valence-electron chi connectivity index (χ3n) is 1.52. The number of hydrogen-bond donors (Lipinski definition) is 1. The Balaban J connectivity index is 0.000000255. The van der Waals surface area contributed by atoms with Crippen LogP contribution >= 0.6 is 0 Å². The highest BCUT2D eigenvalue weighted by Crippen LogP contribution is 1.79. The van der Waals surface area contributed by atoms with Gasteiger partial charge in [0.2, 0.25) is 10.4 Å². The van der Waals surface area contributed by atoms with Crippen molar-refractivity contribution >= 4 is 10.4 Å². The third kappa shape index (κ3) is 5.68. The molecule has 0 aliphatic rings. The topological polar surface area (TPSA) is 86.1 Å². The molecule has 0 unspecified atom stereocenters. The molecule has 1 N–H and O–H groups in total. The Kier molecular flexibility index (Phi) is 5.36. The Hall–Kier alpha value is -0.920. The van der Waals surface area contributed by atoms with Crippen molar-refractivity contribution in [2.75, 3.05) is 7.11 Å². The van der Waals surface area contributed by atoms with Gasteiger partial charge in [0, 0.05) is 6.92 Å². The Morgan fingerprint density at radius 2 is 2.14 bits per heavy atom. The number of imidazole rings is 1. The van der Waals surface area contributed by atoms with Gasteiger partial charge in [-0.25, -0.2) is 18.0 Å². The van der Waals surface area contributed by atoms with Crippen LogP contribution in [-0.4, -0.2) is 25.1 Å². The summed E-state index contributed by atoms with van der Waals surface area (Å²) in [5.74, 6) is 1.22. The van der Waals surface area contributed by atoms with Crippen LogP contribution in [0.15, 0.2) is 12.4 Å². The second kappa shape index (κ2) is 5.74. The molecular formula is C7H14N2O4S. The maximum Gasteiger partial charge on any atom is 0.250 e. The first-order chi connectivity index (χ1) is 6.40. The highest BCUT2D eigenvalue weighted by molar-refractivity contribution is 7.80. The molecule has 1 heterocycles. The quantitative estimate of drug-likeness (QED) is 0.424. The lowest BCUT2D eigenvalue weighted by Crippen LogP contribution is -2.32. The van der Waals surface area contributed by atoms with E-state index in [0.717, 1.165) is 13.7 Å². The maximum absolute atomic E-state index is 9.22. The fraction of sp³-hybridized carbons (Fsp3) is 0.571. The van der Waals surface area contributed by atoms with Crippen LogP contribution in [0.1, 0.15) is 12.7 Å². The van der Waals surface area contributed by atoms with Gasteiger partial charge in [-0.15, -0.1) is 0 Å². The summed E-state index contributed by atoms with van der Waals surface area (Å²) >= 11 is 0. The summed E-state index contributed by atoms with van der Waals surface area (Å²) in [4.78, 5) is 3.08. The van der Waals surface area contributed by atoms with Crippen LogP contribution in [0.2, 0.25) is 0 Å². The van der Waals surface area contributed by atoms with E-state index in [2.05, 4.69) is 27.6 Å². The summed E-state index contributed by atoms with van der Waals surface area (Å²) < 4.78 is 33.2. The number of nitrogens with one attached hydrogen (secondary N) is 1. The SMILES string of the molecule is CC[n+]1cc[nH]c1C.COS(=O)(=O)[O-]. The van der Waals surface area contributed by atoms with Gasteiger partial charge >= 0.3 is 0 Å². The molecule has 0 saturated heterocycles. The summed E-state index contributed by atoms with van der Waals surface area (Å²) in [6.45, 7) is 5.24. The normalized spacial score (nSPS) is 10.6. The van der Waals surface area contributed by atoms with Gasteiger partial charge in [0.15, 0.2) is 0 Å². The van der Waals surface area contributed by atoms with E-state index in [0.29, 0.717) is 0 Å². The van der Waals surface area contributed by atoms with Crippen molar-refractivity contribution in [2.24, 2.45) is 0 Å². The molecule has 1 aromatic heterocycles. The molecule has 0 atom stereocenters. The Morgan fingerprint density at radius 3 is 2.29 bits per heavy atom. The number of aromatic amines is 1. The van der Waals surface area contributed by atoms with E-state index in [1.165, 1.54) is 5.82 Å². The monoisotopic (exact) mass is 222 g/mol. The Bertz CT molecular complexity index is 358. The van der Waals surface area contributed by atoms with Gasteiger partial charge in [-0.2, -0.15) is 0 Å². The predicted molar refractivity (Wildman–Crippen MR) is 48.1 cm³/mol. The van der Waals surface area contributed by atoms with Crippen LogP contribution in [0, 0.1) is 6.92 Å². The molecule has 14 heavy (non-hydrogen) atoms. The molecule has 0 amide bonds. The lowest BCUT2D eigenvalue weighted by Gasteiger charge is -1.98. The van der Waals surface area contributed by atoms with Gasteiger partial charge in [-0.3, -0.25) is 4.18 Å².